The van der Waals surface area contributed by atoms with Crippen LogP contribution in [0.2, 0.25) is 0 Å². The minimum absolute atomic E-state index is 0.161. The first-order valence-corrected chi connectivity index (χ1v) is 6.72. The summed E-state index contributed by atoms with van der Waals surface area (Å²) in [5.41, 5.74) is 15.8. The van der Waals surface area contributed by atoms with Gasteiger partial charge in [0.15, 0.2) is 0 Å². The Kier molecular flexibility index (Phi) is 3.05. The van der Waals surface area contributed by atoms with Crippen LogP contribution in [0.25, 0.3) is 0 Å². The van der Waals surface area contributed by atoms with Crippen molar-refractivity contribution in [2.75, 3.05) is 18.5 Å². The molecule has 3 rings (SSSR count). The molecule has 4 N–H and O–H groups in total. The number of benzene rings is 1. The van der Waals surface area contributed by atoms with Gasteiger partial charge in [-0.05, 0) is 30.7 Å². The maximum atomic E-state index is 11.7. The number of rotatable bonds is 2. The molecule has 5 heteroatoms. The third-order valence-corrected chi connectivity index (χ3v) is 4.35. The summed E-state index contributed by atoms with van der Waals surface area (Å²) in [7, 11) is 1.83. The van der Waals surface area contributed by atoms with E-state index in [1.165, 1.54) is 5.56 Å². The lowest BCUT2D eigenvalue weighted by Crippen LogP contribution is -2.30. The van der Waals surface area contributed by atoms with Crippen molar-refractivity contribution in [1.29, 1.82) is 0 Å². The summed E-state index contributed by atoms with van der Waals surface area (Å²) >= 11 is 0. The van der Waals surface area contributed by atoms with E-state index in [0.29, 0.717) is 24.9 Å². The Bertz CT molecular complexity index is 516. The first-order valence-electron chi connectivity index (χ1n) is 6.72. The highest BCUT2D eigenvalue weighted by Gasteiger charge is 2.34. The zero-order valence-electron chi connectivity index (χ0n) is 11.3. The van der Waals surface area contributed by atoms with E-state index in [9.17, 15) is 4.79 Å². The second-order valence-electron chi connectivity index (χ2n) is 5.47. The molecule has 0 aromatic heterocycles. The van der Waals surface area contributed by atoms with E-state index in [2.05, 4.69) is 29.9 Å². The molecule has 0 saturated carbocycles. The Morgan fingerprint density at radius 2 is 2.21 bits per heavy atom. The van der Waals surface area contributed by atoms with Crippen molar-refractivity contribution >= 4 is 11.6 Å². The number of fused-ring (bicyclic) bond motifs is 1. The highest BCUT2D eigenvalue weighted by molar-refractivity contribution is 6.00. The van der Waals surface area contributed by atoms with Crippen molar-refractivity contribution in [3.8, 4) is 0 Å². The summed E-state index contributed by atoms with van der Waals surface area (Å²) in [5.74, 6) is 0.529. The van der Waals surface area contributed by atoms with Gasteiger partial charge in [0, 0.05) is 24.7 Å². The number of nitrogens with zero attached hydrogens (tertiary/aromatic N) is 1. The normalized spacial score (nSPS) is 29.9. The number of anilines is 1. The van der Waals surface area contributed by atoms with Gasteiger partial charge in [-0.15, -0.1) is 0 Å². The van der Waals surface area contributed by atoms with E-state index in [4.69, 9.17) is 5.73 Å². The lowest BCUT2D eigenvalue weighted by molar-refractivity contribution is -0.117. The number of nitrogens with two attached hydrogens (primary N) is 1. The molecule has 1 saturated heterocycles. The molecule has 0 spiro atoms. The zero-order valence-corrected chi connectivity index (χ0v) is 11.3. The van der Waals surface area contributed by atoms with Crippen molar-refractivity contribution < 1.29 is 4.79 Å². The van der Waals surface area contributed by atoms with Crippen LogP contribution in [0, 0.1) is 5.92 Å². The van der Waals surface area contributed by atoms with Crippen LogP contribution < -0.4 is 21.5 Å². The molecule has 2 aliphatic rings. The molecule has 0 radical (unpaired) electrons. The molecule has 1 aromatic rings. The smallest absolute Gasteiger partial charge is 0.231 e. The summed E-state index contributed by atoms with van der Waals surface area (Å²) in [5, 5.41) is 0. The summed E-state index contributed by atoms with van der Waals surface area (Å²) < 4.78 is 0. The van der Waals surface area contributed by atoms with E-state index in [1.54, 1.807) is 4.90 Å². The quantitative estimate of drug-likeness (QED) is 0.716. The van der Waals surface area contributed by atoms with Crippen molar-refractivity contribution in [2.45, 2.75) is 25.4 Å². The lowest BCUT2D eigenvalue weighted by Gasteiger charge is -2.20. The van der Waals surface area contributed by atoms with Gasteiger partial charge in [-0.25, -0.2) is 5.43 Å². The van der Waals surface area contributed by atoms with E-state index in [0.717, 1.165) is 11.3 Å². The molecule has 1 amide bonds. The predicted octanol–water partition coefficient (Wildman–Crippen LogP) is 0.318. The molecule has 3 atom stereocenters. The number of nitrogens with one attached hydrogen (secondary N) is 2. The number of amides is 1. The summed E-state index contributed by atoms with van der Waals surface area (Å²) in [6, 6.07) is 6.83. The van der Waals surface area contributed by atoms with Crippen molar-refractivity contribution in [1.82, 2.24) is 10.9 Å². The van der Waals surface area contributed by atoms with Gasteiger partial charge in [-0.3, -0.25) is 10.2 Å². The highest BCUT2D eigenvalue weighted by atomic mass is 16.2. The van der Waals surface area contributed by atoms with Gasteiger partial charge in [-0.1, -0.05) is 12.1 Å². The van der Waals surface area contributed by atoms with Crippen molar-refractivity contribution in [3.05, 3.63) is 29.3 Å². The Labute approximate surface area is 113 Å². The number of hydrazine groups is 1. The summed E-state index contributed by atoms with van der Waals surface area (Å²) in [4.78, 5) is 13.4. The molecule has 1 fully saturated rings. The van der Waals surface area contributed by atoms with Crippen LogP contribution in [0.3, 0.4) is 0 Å². The van der Waals surface area contributed by atoms with Gasteiger partial charge in [0.1, 0.15) is 0 Å². The van der Waals surface area contributed by atoms with Gasteiger partial charge in [0.05, 0.1) is 12.5 Å². The average Bonchev–Trinajstić information content (AvgIpc) is 2.90. The van der Waals surface area contributed by atoms with Gasteiger partial charge >= 0.3 is 0 Å². The number of likely N-dealkylation sites (N-methyl/N-ethyl adjacent to an activating group) is 1. The fourth-order valence-electron chi connectivity index (χ4n) is 3.08. The van der Waals surface area contributed by atoms with Gasteiger partial charge < -0.3 is 10.6 Å². The Balaban J connectivity index is 1.92. The van der Waals surface area contributed by atoms with Crippen LogP contribution in [-0.4, -0.2) is 25.5 Å². The number of carbonyl (C=O) groups excluding carboxylic acids is 1. The lowest BCUT2D eigenvalue weighted by atomic mass is 9.89. The minimum Gasteiger partial charge on any atom is -0.330 e. The topological polar surface area (TPSA) is 70.4 Å². The first kappa shape index (κ1) is 12.6. The van der Waals surface area contributed by atoms with Crippen LogP contribution in [0.15, 0.2) is 18.2 Å². The van der Waals surface area contributed by atoms with Crippen LogP contribution in [-0.2, 0) is 11.2 Å². The fraction of sp³-hybridized carbons (Fsp3) is 0.500. The second-order valence-corrected chi connectivity index (χ2v) is 5.47. The fourth-order valence-corrected chi connectivity index (χ4v) is 3.08. The SMILES string of the molecule is CC1NNC(c2ccc3c(c2)CC(=O)N3C)C1CN. The average molecular weight is 260 g/mol. The minimum atomic E-state index is 0.161. The predicted molar refractivity (Wildman–Crippen MR) is 74.6 cm³/mol. The maximum absolute atomic E-state index is 11.7. The third kappa shape index (κ3) is 1.94. The maximum Gasteiger partial charge on any atom is 0.231 e. The molecule has 19 heavy (non-hydrogen) atoms. The summed E-state index contributed by atoms with van der Waals surface area (Å²) in [6.07, 6.45) is 0.503. The van der Waals surface area contributed by atoms with Gasteiger partial charge in [0.25, 0.3) is 0 Å². The van der Waals surface area contributed by atoms with E-state index < -0.39 is 0 Å². The van der Waals surface area contributed by atoms with Crippen LogP contribution in [0.1, 0.15) is 24.1 Å². The van der Waals surface area contributed by atoms with E-state index in [1.807, 2.05) is 13.1 Å². The van der Waals surface area contributed by atoms with Crippen molar-refractivity contribution in [2.24, 2.45) is 11.7 Å². The largest absolute Gasteiger partial charge is 0.330 e. The molecular weight excluding hydrogens is 240 g/mol. The zero-order chi connectivity index (χ0) is 13.6. The Hall–Kier alpha value is -1.43. The molecule has 0 bridgehead atoms. The monoisotopic (exact) mass is 260 g/mol. The molecular formula is C14H20N4O. The molecule has 2 aliphatic heterocycles. The number of hydrogen-bond acceptors (Lipinski definition) is 4. The van der Waals surface area contributed by atoms with Gasteiger partial charge in [0.2, 0.25) is 5.91 Å². The van der Waals surface area contributed by atoms with Crippen LogP contribution >= 0.6 is 0 Å². The second kappa shape index (κ2) is 4.59. The standard InChI is InChI=1S/C14H20N4O/c1-8-11(7-15)14(17-16-8)9-3-4-12-10(5-9)6-13(19)18(12)2/h3-5,8,11,14,16-17H,6-7,15H2,1-2H3. The number of hydrogen-bond donors (Lipinski definition) is 3. The van der Waals surface area contributed by atoms with E-state index in [-0.39, 0.29) is 11.9 Å². The van der Waals surface area contributed by atoms with E-state index >= 15 is 0 Å². The van der Waals surface area contributed by atoms with Crippen LogP contribution in [0.4, 0.5) is 5.69 Å². The molecule has 2 heterocycles. The molecule has 102 valence electrons. The third-order valence-electron chi connectivity index (χ3n) is 4.35. The summed E-state index contributed by atoms with van der Waals surface area (Å²) in [6.45, 7) is 2.77. The Morgan fingerprint density at radius 1 is 1.42 bits per heavy atom. The molecule has 5 nitrogen and oxygen atoms in total. The molecule has 1 aromatic carbocycles. The van der Waals surface area contributed by atoms with Crippen molar-refractivity contribution in [3.63, 3.8) is 0 Å². The Morgan fingerprint density at radius 3 is 2.95 bits per heavy atom. The first-order chi connectivity index (χ1) is 9.11. The molecule has 0 aliphatic carbocycles. The highest BCUT2D eigenvalue weighted by Crippen LogP contribution is 2.34. The molecule has 3 unspecified atom stereocenters. The number of carbonyl (C=O) groups is 1. The van der Waals surface area contributed by atoms with Crippen LogP contribution in [0.5, 0.6) is 0 Å². The van der Waals surface area contributed by atoms with Gasteiger partial charge in [-0.2, -0.15) is 0 Å².